The molecule has 0 atom stereocenters. The van der Waals surface area contributed by atoms with Crippen molar-refractivity contribution in [1.82, 2.24) is 29.2 Å². The van der Waals surface area contributed by atoms with E-state index in [0.717, 1.165) is 85.2 Å². The number of nitrogens with zero attached hydrogens (tertiary/aromatic N) is 6. The average molecular weight is 602 g/mol. The van der Waals surface area contributed by atoms with Gasteiger partial charge in [0, 0.05) is 64.5 Å². The number of unbranched alkanes of at least 4 members (excludes halogenated alkanes) is 1. The van der Waals surface area contributed by atoms with Crippen LogP contribution in [0.4, 0.5) is 5.82 Å². The number of pyridine rings is 1. The number of fused-ring (bicyclic) bond motifs is 3. The number of hydrogen-bond donors (Lipinski definition) is 1. The van der Waals surface area contributed by atoms with E-state index in [2.05, 4.69) is 39.4 Å². The van der Waals surface area contributed by atoms with E-state index in [1.807, 2.05) is 35.2 Å². The second-order valence-corrected chi connectivity index (χ2v) is 11.5. The molecule has 2 N–H and O–H groups in total. The highest BCUT2D eigenvalue weighted by molar-refractivity contribution is 6.06. The fourth-order valence-corrected chi connectivity index (χ4v) is 5.70. The SMILES string of the molecule is CCCCc1nc2c(N)nc3ccccc3c2n1CCCN(Cc1cccc(OOC(C)=O)c1)C(=O)CN1CCN(C)CC1. The quantitative estimate of drug-likeness (QED) is 0.179. The zero-order valence-corrected chi connectivity index (χ0v) is 26.0. The molecule has 0 aliphatic carbocycles. The minimum atomic E-state index is -0.532. The number of piperazine rings is 1. The number of hydrogen-bond acceptors (Lipinski definition) is 9. The topological polar surface area (TPSA) is 119 Å². The van der Waals surface area contributed by atoms with Crippen LogP contribution in [0.1, 0.15) is 44.5 Å². The van der Waals surface area contributed by atoms with Gasteiger partial charge in [-0.05, 0) is 43.7 Å². The number of aryl methyl sites for hydroxylation is 2. The van der Waals surface area contributed by atoms with Crippen LogP contribution in [0, 0.1) is 0 Å². The molecule has 234 valence electrons. The summed E-state index contributed by atoms with van der Waals surface area (Å²) in [4.78, 5) is 50.8. The van der Waals surface area contributed by atoms with Crippen LogP contribution >= 0.6 is 0 Å². The molecule has 2 aromatic carbocycles. The van der Waals surface area contributed by atoms with Crippen molar-refractivity contribution in [2.75, 3.05) is 52.0 Å². The highest BCUT2D eigenvalue weighted by Crippen LogP contribution is 2.29. The van der Waals surface area contributed by atoms with Crippen molar-refractivity contribution in [3.63, 3.8) is 0 Å². The lowest BCUT2D eigenvalue weighted by molar-refractivity contribution is -0.210. The van der Waals surface area contributed by atoms with Gasteiger partial charge in [-0.2, -0.15) is 0 Å². The van der Waals surface area contributed by atoms with Crippen molar-refractivity contribution in [3.8, 4) is 5.75 Å². The van der Waals surface area contributed by atoms with Gasteiger partial charge in [0.15, 0.2) is 11.6 Å². The predicted octanol–water partition coefficient (Wildman–Crippen LogP) is 4.03. The molecule has 1 amide bonds. The molecule has 0 radical (unpaired) electrons. The first-order valence-corrected chi connectivity index (χ1v) is 15.5. The molecule has 3 heterocycles. The highest BCUT2D eigenvalue weighted by atomic mass is 17.2. The summed E-state index contributed by atoms with van der Waals surface area (Å²) in [6, 6.07) is 15.3. The van der Waals surface area contributed by atoms with Gasteiger partial charge in [0.1, 0.15) is 11.3 Å². The summed E-state index contributed by atoms with van der Waals surface area (Å²) in [6.45, 7) is 9.13. The lowest BCUT2D eigenvalue weighted by atomic mass is 10.1. The van der Waals surface area contributed by atoms with Crippen molar-refractivity contribution < 1.29 is 19.4 Å². The maximum Gasteiger partial charge on any atom is 0.352 e. The van der Waals surface area contributed by atoms with Gasteiger partial charge < -0.3 is 20.1 Å². The number of para-hydroxylation sites is 1. The summed E-state index contributed by atoms with van der Waals surface area (Å²) in [5.74, 6) is 1.40. The number of anilines is 1. The van der Waals surface area contributed by atoms with Crippen LogP contribution in [-0.2, 0) is 34.0 Å². The standard InChI is InChI=1S/C33H43N7O4/c1-4-5-14-29-36-31-32(27-12-6-7-13-28(27)35-33(31)34)40(29)16-9-15-39(30(42)23-38-19-17-37(3)18-20-38)22-25-10-8-11-26(21-25)44-43-24(2)41/h6-8,10-13,21H,4-5,9,14-20,22-23H2,1-3H3,(H2,34,35). The first kappa shape index (κ1) is 31.2. The highest BCUT2D eigenvalue weighted by Gasteiger charge is 2.22. The maximum absolute atomic E-state index is 13.8. The Morgan fingerprint density at radius 2 is 1.82 bits per heavy atom. The van der Waals surface area contributed by atoms with Crippen LogP contribution < -0.4 is 10.6 Å². The van der Waals surface area contributed by atoms with E-state index >= 15 is 0 Å². The molecule has 0 spiro atoms. The summed E-state index contributed by atoms with van der Waals surface area (Å²) < 4.78 is 2.28. The zero-order valence-electron chi connectivity index (χ0n) is 26.0. The third-order valence-corrected chi connectivity index (χ3v) is 8.09. The van der Waals surface area contributed by atoms with Crippen molar-refractivity contribution in [1.29, 1.82) is 0 Å². The molecular weight excluding hydrogens is 558 g/mol. The molecule has 0 bridgehead atoms. The maximum atomic E-state index is 13.8. The van der Waals surface area contributed by atoms with Gasteiger partial charge in [0.25, 0.3) is 0 Å². The molecule has 0 saturated carbocycles. The van der Waals surface area contributed by atoms with Crippen LogP contribution in [0.2, 0.25) is 0 Å². The first-order chi connectivity index (χ1) is 21.3. The number of aromatic nitrogens is 3. The van der Waals surface area contributed by atoms with Gasteiger partial charge >= 0.3 is 5.97 Å². The second-order valence-electron chi connectivity index (χ2n) is 11.5. The molecular formula is C33H43N7O4. The number of carbonyl (C=O) groups is 2. The van der Waals surface area contributed by atoms with Gasteiger partial charge in [-0.25, -0.2) is 14.8 Å². The largest absolute Gasteiger partial charge is 0.382 e. The van der Waals surface area contributed by atoms with Gasteiger partial charge in [0.2, 0.25) is 5.91 Å². The number of likely N-dealkylation sites (N-methyl/N-ethyl adjacent to an activating group) is 1. The van der Waals surface area contributed by atoms with E-state index < -0.39 is 5.97 Å². The number of nitrogens with two attached hydrogens (primary N) is 1. The molecule has 0 unspecified atom stereocenters. The molecule has 1 saturated heterocycles. The van der Waals surface area contributed by atoms with Gasteiger partial charge in [0.05, 0.1) is 17.6 Å². The third-order valence-electron chi connectivity index (χ3n) is 8.09. The molecule has 44 heavy (non-hydrogen) atoms. The number of rotatable bonds is 13. The van der Waals surface area contributed by atoms with Crippen molar-refractivity contribution in [2.45, 2.75) is 52.6 Å². The lowest BCUT2D eigenvalue weighted by Crippen LogP contribution is -2.49. The third kappa shape index (κ3) is 7.64. The minimum Gasteiger partial charge on any atom is -0.382 e. The van der Waals surface area contributed by atoms with Crippen LogP contribution in [0.3, 0.4) is 0 Å². The van der Waals surface area contributed by atoms with Crippen molar-refractivity contribution in [3.05, 3.63) is 59.9 Å². The summed E-state index contributed by atoms with van der Waals surface area (Å²) in [5.41, 5.74) is 9.88. The summed E-state index contributed by atoms with van der Waals surface area (Å²) in [6.07, 6.45) is 3.67. The van der Waals surface area contributed by atoms with Crippen LogP contribution in [0.5, 0.6) is 5.75 Å². The van der Waals surface area contributed by atoms with E-state index in [0.29, 0.717) is 37.7 Å². The monoisotopic (exact) mass is 601 g/mol. The van der Waals surface area contributed by atoms with Crippen LogP contribution in [0.25, 0.3) is 21.9 Å². The predicted molar refractivity (Wildman–Crippen MR) is 171 cm³/mol. The number of benzene rings is 2. The number of amides is 1. The van der Waals surface area contributed by atoms with Crippen molar-refractivity contribution >= 4 is 39.6 Å². The van der Waals surface area contributed by atoms with Crippen LogP contribution in [0.15, 0.2) is 48.5 Å². The smallest absolute Gasteiger partial charge is 0.352 e. The second kappa shape index (κ2) is 14.5. The normalized spacial score (nSPS) is 14.2. The minimum absolute atomic E-state index is 0.0847. The summed E-state index contributed by atoms with van der Waals surface area (Å²) in [5, 5.41) is 1.03. The van der Waals surface area contributed by atoms with E-state index in [1.54, 1.807) is 12.1 Å². The Labute approximate surface area is 258 Å². The van der Waals surface area contributed by atoms with E-state index in [1.165, 1.54) is 6.92 Å². The van der Waals surface area contributed by atoms with E-state index in [9.17, 15) is 9.59 Å². The Balaban J connectivity index is 1.38. The molecule has 11 nitrogen and oxygen atoms in total. The van der Waals surface area contributed by atoms with Gasteiger partial charge in [-0.3, -0.25) is 19.5 Å². The molecule has 5 rings (SSSR count). The van der Waals surface area contributed by atoms with Crippen molar-refractivity contribution in [2.24, 2.45) is 0 Å². The first-order valence-electron chi connectivity index (χ1n) is 15.5. The average Bonchev–Trinajstić information content (AvgIpc) is 3.39. The Morgan fingerprint density at radius 1 is 1.02 bits per heavy atom. The Kier molecular flexibility index (Phi) is 10.3. The summed E-state index contributed by atoms with van der Waals surface area (Å²) in [7, 11) is 2.11. The molecule has 1 aliphatic heterocycles. The molecule has 4 aromatic rings. The van der Waals surface area contributed by atoms with Crippen LogP contribution in [-0.4, -0.2) is 87.4 Å². The number of nitrogen functional groups attached to an aromatic ring is 1. The fourth-order valence-electron chi connectivity index (χ4n) is 5.70. The molecule has 1 fully saturated rings. The van der Waals surface area contributed by atoms with Gasteiger partial charge in [-0.1, -0.05) is 43.7 Å². The summed E-state index contributed by atoms with van der Waals surface area (Å²) >= 11 is 0. The number of imidazole rings is 1. The Bertz CT molecular complexity index is 1600. The Morgan fingerprint density at radius 3 is 2.59 bits per heavy atom. The zero-order chi connectivity index (χ0) is 31.1. The van der Waals surface area contributed by atoms with Gasteiger partial charge in [-0.15, -0.1) is 0 Å². The van der Waals surface area contributed by atoms with E-state index in [-0.39, 0.29) is 5.91 Å². The number of carbonyl (C=O) groups excluding carboxylic acids is 2. The molecule has 1 aliphatic rings. The molecule has 11 heteroatoms. The Hall–Kier alpha value is -4.22. The lowest BCUT2D eigenvalue weighted by Gasteiger charge is -2.33. The van der Waals surface area contributed by atoms with E-state index in [4.69, 9.17) is 20.5 Å². The molecule has 2 aromatic heterocycles. The fraction of sp³-hybridized carbons (Fsp3) is 0.455.